The summed E-state index contributed by atoms with van der Waals surface area (Å²) in [4.78, 5) is 14.3. The van der Waals surface area contributed by atoms with Crippen LogP contribution in [0.1, 0.15) is 18.9 Å². The minimum atomic E-state index is -3.83. The third-order valence-corrected chi connectivity index (χ3v) is 6.16. The van der Waals surface area contributed by atoms with Gasteiger partial charge < -0.3 is 14.4 Å². The molecular formula is C16H18FN3O5S. The predicted octanol–water partition coefficient (Wildman–Crippen LogP) is 1.51. The molecular weight excluding hydrogens is 365 g/mol. The van der Waals surface area contributed by atoms with Gasteiger partial charge in [0.2, 0.25) is 10.0 Å². The summed E-state index contributed by atoms with van der Waals surface area (Å²) >= 11 is 0. The molecule has 0 atom stereocenters. The molecule has 1 aromatic heterocycles. The quantitative estimate of drug-likeness (QED) is 0.811. The number of carboxylic acid groups (broad SMARTS) is 1. The third-order valence-electron chi connectivity index (χ3n) is 4.26. The number of benzene rings is 1. The van der Waals surface area contributed by atoms with Crippen LogP contribution in [-0.4, -0.2) is 53.0 Å². The Labute approximate surface area is 149 Å². The number of nitrogens with zero attached hydrogens (tertiary/aromatic N) is 3. The Morgan fingerprint density at radius 2 is 2.08 bits per heavy atom. The van der Waals surface area contributed by atoms with E-state index in [1.165, 1.54) is 10.4 Å². The first-order valence-corrected chi connectivity index (χ1v) is 9.43. The van der Waals surface area contributed by atoms with Crippen molar-refractivity contribution in [2.24, 2.45) is 0 Å². The highest BCUT2D eigenvalue weighted by atomic mass is 32.2. The van der Waals surface area contributed by atoms with Gasteiger partial charge in [-0.2, -0.15) is 4.31 Å². The smallest absolute Gasteiger partial charge is 0.341 e. The van der Waals surface area contributed by atoms with Gasteiger partial charge in [0.1, 0.15) is 0 Å². The second-order valence-corrected chi connectivity index (χ2v) is 7.86. The van der Waals surface area contributed by atoms with Crippen LogP contribution in [0, 0.1) is 5.82 Å². The van der Waals surface area contributed by atoms with Gasteiger partial charge in [0.05, 0.1) is 11.2 Å². The van der Waals surface area contributed by atoms with Crippen molar-refractivity contribution in [1.82, 2.24) is 13.9 Å². The molecule has 1 aliphatic heterocycles. The van der Waals surface area contributed by atoms with Gasteiger partial charge in [-0.05, 0) is 31.0 Å². The fourth-order valence-corrected chi connectivity index (χ4v) is 4.40. The van der Waals surface area contributed by atoms with E-state index in [0.717, 1.165) is 12.1 Å². The molecule has 0 aliphatic carbocycles. The van der Waals surface area contributed by atoms with Gasteiger partial charge >= 0.3 is 5.97 Å². The minimum Gasteiger partial charge on any atom is -0.479 e. The fraction of sp³-hybridized carbons (Fsp3) is 0.375. The van der Waals surface area contributed by atoms with Gasteiger partial charge in [-0.15, -0.1) is 0 Å². The van der Waals surface area contributed by atoms with Crippen molar-refractivity contribution in [1.29, 1.82) is 0 Å². The normalized spacial score (nSPS) is 16.5. The van der Waals surface area contributed by atoms with E-state index in [1.807, 2.05) is 10.8 Å². The molecule has 0 radical (unpaired) electrons. The van der Waals surface area contributed by atoms with Crippen LogP contribution in [0.5, 0.6) is 5.75 Å². The van der Waals surface area contributed by atoms with Crippen molar-refractivity contribution in [3.63, 3.8) is 0 Å². The van der Waals surface area contributed by atoms with Crippen LogP contribution in [0.2, 0.25) is 0 Å². The Bertz CT molecular complexity index is 877. The van der Waals surface area contributed by atoms with Crippen LogP contribution in [-0.2, 0) is 14.8 Å². The molecule has 140 valence electrons. The molecule has 1 aromatic carbocycles. The molecule has 10 heteroatoms. The summed E-state index contributed by atoms with van der Waals surface area (Å²) in [6, 6.07) is 3.39. The van der Waals surface area contributed by atoms with E-state index in [9.17, 15) is 17.6 Å². The number of carboxylic acids is 1. The van der Waals surface area contributed by atoms with Gasteiger partial charge in [0.25, 0.3) is 0 Å². The Balaban J connectivity index is 1.70. The van der Waals surface area contributed by atoms with Crippen LogP contribution in [0.4, 0.5) is 4.39 Å². The number of piperidine rings is 1. The summed E-state index contributed by atoms with van der Waals surface area (Å²) in [6.45, 7) is -0.0566. The Hall–Kier alpha value is -2.46. The van der Waals surface area contributed by atoms with E-state index in [0.29, 0.717) is 25.9 Å². The van der Waals surface area contributed by atoms with Crippen LogP contribution in [0.15, 0.2) is 41.8 Å². The van der Waals surface area contributed by atoms with Crippen molar-refractivity contribution in [2.45, 2.75) is 23.8 Å². The molecule has 1 N–H and O–H groups in total. The lowest BCUT2D eigenvalue weighted by Crippen LogP contribution is -2.38. The number of hydrogen-bond donors (Lipinski definition) is 1. The molecule has 0 amide bonds. The van der Waals surface area contributed by atoms with Crippen molar-refractivity contribution in [3.8, 4) is 5.75 Å². The van der Waals surface area contributed by atoms with Crippen LogP contribution >= 0.6 is 0 Å². The summed E-state index contributed by atoms with van der Waals surface area (Å²) in [5, 5.41) is 8.55. The molecule has 2 aromatic rings. The maximum absolute atomic E-state index is 14.0. The number of hydrogen-bond acceptors (Lipinski definition) is 5. The number of aliphatic carboxylic acids is 1. The third kappa shape index (κ3) is 3.86. The van der Waals surface area contributed by atoms with Gasteiger partial charge in [-0.3, -0.25) is 0 Å². The monoisotopic (exact) mass is 383 g/mol. The van der Waals surface area contributed by atoms with Crippen molar-refractivity contribution >= 4 is 16.0 Å². The molecule has 0 spiro atoms. The molecule has 8 nitrogen and oxygen atoms in total. The molecule has 1 fully saturated rings. The second kappa shape index (κ2) is 7.42. The van der Waals surface area contributed by atoms with E-state index in [2.05, 4.69) is 4.98 Å². The highest BCUT2D eigenvalue weighted by molar-refractivity contribution is 7.89. The van der Waals surface area contributed by atoms with Gasteiger partial charge in [0.15, 0.2) is 18.2 Å². The molecule has 26 heavy (non-hydrogen) atoms. The van der Waals surface area contributed by atoms with Crippen molar-refractivity contribution in [2.75, 3.05) is 19.7 Å². The number of imidazole rings is 1. The number of halogens is 1. The van der Waals surface area contributed by atoms with E-state index in [1.54, 1.807) is 12.5 Å². The number of carbonyl (C=O) groups is 1. The van der Waals surface area contributed by atoms with E-state index >= 15 is 0 Å². The fourth-order valence-electron chi connectivity index (χ4n) is 2.91. The lowest BCUT2D eigenvalue weighted by molar-refractivity contribution is -0.139. The first-order valence-electron chi connectivity index (χ1n) is 7.99. The van der Waals surface area contributed by atoms with Gasteiger partial charge in [0, 0.05) is 31.5 Å². The highest BCUT2D eigenvalue weighted by Crippen LogP contribution is 2.28. The number of ether oxygens (including phenoxy) is 1. The SMILES string of the molecule is O=C(O)COc1ccc(S(=O)(=O)N2CCC(n3ccnc3)CC2)cc1F. The zero-order valence-corrected chi connectivity index (χ0v) is 14.6. The standard InChI is InChI=1S/C16H18FN3O5S/c17-14-9-13(1-2-15(14)25-10-16(21)22)26(23,24)20-6-3-12(4-7-20)19-8-5-18-11-19/h1-2,5,8-9,11-12H,3-4,6-7,10H2,(H,21,22). The van der Waals surface area contributed by atoms with Gasteiger partial charge in [-0.1, -0.05) is 0 Å². The zero-order valence-electron chi connectivity index (χ0n) is 13.8. The number of aromatic nitrogens is 2. The summed E-state index contributed by atoms with van der Waals surface area (Å²) < 4.78 is 47.5. The molecule has 0 saturated carbocycles. The molecule has 0 bridgehead atoms. The second-order valence-electron chi connectivity index (χ2n) is 5.92. The van der Waals surface area contributed by atoms with Crippen LogP contribution < -0.4 is 4.74 Å². The molecule has 1 saturated heterocycles. The molecule has 2 heterocycles. The maximum atomic E-state index is 14.0. The Morgan fingerprint density at radius 1 is 1.35 bits per heavy atom. The van der Waals surface area contributed by atoms with E-state index in [4.69, 9.17) is 9.84 Å². The van der Waals surface area contributed by atoms with Gasteiger partial charge in [-0.25, -0.2) is 22.6 Å². The van der Waals surface area contributed by atoms with Crippen molar-refractivity contribution < 1.29 is 27.4 Å². The molecule has 1 aliphatic rings. The molecule has 0 unspecified atom stereocenters. The number of sulfonamides is 1. The Morgan fingerprint density at radius 3 is 2.65 bits per heavy atom. The lowest BCUT2D eigenvalue weighted by Gasteiger charge is -2.31. The predicted molar refractivity (Wildman–Crippen MR) is 88.8 cm³/mol. The summed E-state index contributed by atoms with van der Waals surface area (Å²) in [7, 11) is -3.83. The van der Waals surface area contributed by atoms with Crippen LogP contribution in [0.25, 0.3) is 0 Å². The van der Waals surface area contributed by atoms with Crippen LogP contribution in [0.3, 0.4) is 0 Å². The maximum Gasteiger partial charge on any atom is 0.341 e. The summed E-state index contributed by atoms with van der Waals surface area (Å²) in [5.74, 6) is -2.47. The zero-order chi connectivity index (χ0) is 18.7. The first-order chi connectivity index (χ1) is 12.4. The average molecular weight is 383 g/mol. The Kier molecular flexibility index (Phi) is 5.23. The highest BCUT2D eigenvalue weighted by Gasteiger charge is 2.30. The lowest BCUT2D eigenvalue weighted by atomic mass is 10.1. The minimum absolute atomic E-state index is 0.182. The van der Waals surface area contributed by atoms with Crippen molar-refractivity contribution in [3.05, 3.63) is 42.7 Å². The largest absolute Gasteiger partial charge is 0.479 e. The topological polar surface area (TPSA) is 102 Å². The van der Waals surface area contributed by atoms with E-state index < -0.39 is 28.4 Å². The average Bonchev–Trinajstić information content (AvgIpc) is 3.15. The first kappa shape index (κ1) is 18.3. The summed E-state index contributed by atoms with van der Waals surface area (Å²) in [5.41, 5.74) is 0. The van der Waals surface area contributed by atoms with E-state index in [-0.39, 0.29) is 16.7 Å². The summed E-state index contributed by atoms with van der Waals surface area (Å²) in [6.07, 6.45) is 6.51. The molecule has 3 rings (SSSR count). The number of rotatable bonds is 6.